The maximum atomic E-state index is 13.2. The Morgan fingerprint density at radius 2 is 1.77 bits per heavy atom. The highest BCUT2D eigenvalue weighted by Crippen LogP contribution is 2.45. The second kappa shape index (κ2) is 7.30. The van der Waals surface area contributed by atoms with E-state index in [1.807, 2.05) is 6.07 Å². The lowest BCUT2D eigenvalue weighted by Crippen LogP contribution is -2.62. The van der Waals surface area contributed by atoms with E-state index in [4.69, 9.17) is 0 Å². The van der Waals surface area contributed by atoms with Crippen molar-refractivity contribution in [3.63, 3.8) is 0 Å². The Bertz CT molecular complexity index is 780. The summed E-state index contributed by atoms with van der Waals surface area (Å²) >= 11 is 0. The first kappa shape index (κ1) is 19.3. The molecule has 142 valence electrons. The SMILES string of the molecule is CCCCN1CC2CN(S(=O)(=O)c3ccccc3C#N)CC(C1)C2(C)C. The van der Waals surface area contributed by atoms with Gasteiger partial charge in [-0.2, -0.15) is 9.57 Å². The van der Waals surface area contributed by atoms with Gasteiger partial charge in [-0.15, -0.1) is 0 Å². The third kappa shape index (κ3) is 3.40. The molecule has 0 spiro atoms. The molecule has 0 saturated carbocycles. The van der Waals surface area contributed by atoms with Gasteiger partial charge in [0.1, 0.15) is 6.07 Å². The fourth-order valence-corrected chi connectivity index (χ4v) is 6.01. The van der Waals surface area contributed by atoms with Gasteiger partial charge in [-0.3, -0.25) is 0 Å². The molecule has 3 rings (SSSR count). The third-order valence-corrected chi connectivity index (χ3v) is 8.25. The van der Waals surface area contributed by atoms with Crippen LogP contribution in [0.25, 0.3) is 0 Å². The molecule has 2 aliphatic heterocycles. The molecule has 2 atom stereocenters. The maximum Gasteiger partial charge on any atom is 0.244 e. The molecule has 0 radical (unpaired) electrons. The van der Waals surface area contributed by atoms with Crippen molar-refractivity contribution in [2.45, 2.75) is 38.5 Å². The summed E-state index contributed by atoms with van der Waals surface area (Å²) in [5.41, 5.74) is 0.371. The van der Waals surface area contributed by atoms with Crippen molar-refractivity contribution in [1.29, 1.82) is 5.26 Å². The van der Waals surface area contributed by atoms with E-state index in [0.717, 1.165) is 19.6 Å². The number of unbranched alkanes of at least 4 members (excludes halogenated alkanes) is 1. The highest BCUT2D eigenvalue weighted by Gasteiger charge is 2.50. The number of nitriles is 1. The average Bonchev–Trinajstić information content (AvgIpc) is 2.59. The topological polar surface area (TPSA) is 64.4 Å². The number of hydrogen-bond acceptors (Lipinski definition) is 4. The molecule has 2 aliphatic rings. The van der Waals surface area contributed by atoms with E-state index < -0.39 is 10.0 Å². The fourth-order valence-electron chi connectivity index (χ4n) is 4.34. The van der Waals surface area contributed by atoms with Crippen molar-refractivity contribution >= 4 is 10.0 Å². The maximum absolute atomic E-state index is 13.2. The second-order valence-corrected chi connectivity index (χ2v) is 10.2. The van der Waals surface area contributed by atoms with Crippen LogP contribution >= 0.6 is 0 Å². The van der Waals surface area contributed by atoms with Gasteiger partial charge in [-0.1, -0.05) is 39.3 Å². The Hall–Kier alpha value is -1.42. The predicted octanol–water partition coefficient (Wildman–Crippen LogP) is 2.94. The number of hydrogen-bond donors (Lipinski definition) is 0. The number of fused-ring (bicyclic) bond motifs is 2. The quantitative estimate of drug-likeness (QED) is 0.794. The summed E-state index contributed by atoms with van der Waals surface area (Å²) < 4.78 is 28.1. The molecule has 2 saturated heterocycles. The van der Waals surface area contributed by atoms with Crippen LogP contribution in [0.1, 0.15) is 39.2 Å². The monoisotopic (exact) mass is 375 g/mol. The second-order valence-electron chi connectivity index (χ2n) is 8.26. The van der Waals surface area contributed by atoms with Crippen LogP contribution in [0.3, 0.4) is 0 Å². The molecule has 2 fully saturated rings. The molecule has 6 heteroatoms. The molecule has 1 aromatic carbocycles. The Morgan fingerprint density at radius 3 is 2.35 bits per heavy atom. The van der Waals surface area contributed by atoms with Crippen molar-refractivity contribution in [2.24, 2.45) is 17.3 Å². The van der Waals surface area contributed by atoms with Crippen molar-refractivity contribution in [3.8, 4) is 6.07 Å². The van der Waals surface area contributed by atoms with E-state index in [1.165, 1.54) is 12.8 Å². The highest BCUT2D eigenvalue weighted by molar-refractivity contribution is 7.89. The first-order chi connectivity index (χ1) is 12.3. The van der Waals surface area contributed by atoms with Crippen molar-refractivity contribution < 1.29 is 8.42 Å². The number of nitrogens with zero attached hydrogens (tertiary/aromatic N) is 3. The van der Waals surface area contributed by atoms with Gasteiger partial charge < -0.3 is 4.90 Å². The van der Waals surface area contributed by atoms with Crippen molar-refractivity contribution in [2.75, 3.05) is 32.7 Å². The summed E-state index contributed by atoms with van der Waals surface area (Å²) in [5.74, 6) is 0.631. The van der Waals surface area contributed by atoms with E-state index in [2.05, 4.69) is 25.7 Å². The molecule has 0 amide bonds. The molecule has 0 N–H and O–H groups in total. The minimum atomic E-state index is -3.64. The zero-order valence-corrected chi connectivity index (χ0v) is 16.8. The lowest BCUT2D eigenvalue weighted by molar-refractivity contribution is -0.0493. The summed E-state index contributed by atoms with van der Waals surface area (Å²) in [4.78, 5) is 2.65. The molecular weight excluding hydrogens is 346 g/mol. The first-order valence-corrected chi connectivity index (χ1v) is 11.0. The van der Waals surface area contributed by atoms with Gasteiger partial charge in [0.25, 0.3) is 0 Å². The minimum Gasteiger partial charge on any atom is -0.303 e. The standard InChI is InChI=1S/C20H29N3O2S/c1-4-5-10-22-12-17-14-23(15-18(13-22)20(17,2)3)26(24,25)19-9-7-6-8-16(19)11-21/h6-9,17-18H,4-5,10,12-15H2,1-3H3. The van der Waals surface area contributed by atoms with Crippen molar-refractivity contribution in [3.05, 3.63) is 29.8 Å². The zero-order chi connectivity index (χ0) is 18.9. The van der Waals surface area contributed by atoms with E-state index in [1.54, 1.807) is 28.6 Å². The lowest BCUT2D eigenvalue weighted by atomic mass is 9.64. The summed E-state index contributed by atoms with van der Waals surface area (Å²) in [6.07, 6.45) is 2.37. The van der Waals surface area contributed by atoms with Gasteiger partial charge in [0.15, 0.2) is 0 Å². The number of rotatable bonds is 5. The van der Waals surface area contributed by atoms with Gasteiger partial charge in [-0.25, -0.2) is 8.42 Å². The lowest BCUT2D eigenvalue weighted by Gasteiger charge is -2.55. The van der Waals surface area contributed by atoms with E-state index >= 15 is 0 Å². The van der Waals surface area contributed by atoms with Crippen LogP contribution in [0.15, 0.2) is 29.2 Å². The van der Waals surface area contributed by atoms with Gasteiger partial charge >= 0.3 is 0 Å². The zero-order valence-electron chi connectivity index (χ0n) is 16.0. The third-order valence-electron chi connectivity index (χ3n) is 6.36. The minimum absolute atomic E-state index is 0.142. The van der Waals surface area contributed by atoms with Gasteiger partial charge in [0, 0.05) is 26.2 Å². The summed E-state index contributed by atoms with van der Waals surface area (Å²) in [6, 6.07) is 8.55. The molecule has 1 aromatic rings. The number of likely N-dealkylation sites (tertiary alicyclic amines) is 1. The van der Waals surface area contributed by atoms with E-state index in [-0.39, 0.29) is 15.9 Å². The normalized spacial score (nSPS) is 26.4. The highest BCUT2D eigenvalue weighted by atomic mass is 32.2. The molecule has 0 aliphatic carbocycles. The Labute approximate surface area is 157 Å². The Morgan fingerprint density at radius 1 is 1.15 bits per heavy atom. The Kier molecular flexibility index (Phi) is 5.43. The van der Waals surface area contributed by atoms with E-state index in [0.29, 0.717) is 24.9 Å². The molecule has 2 heterocycles. The van der Waals surface area contributed by atoms with Crippen LogP contribution in [-0.2, 0) is 10.0 Å². The average molecular weight is 376 g/mol. The van der Waals surface area contributed by atoms with Gasteiger partial charge in [0.05, 0.1) is 10.5 Å². The first-order valence-electron chi connectivity index (χ1n) is 9.52. The molecule has 2 bridgehead atoms. The van der Waals surface area contributed by atoms with Crippen LogP contribution in [0.5, 0.6) is 0 Å². The van der Waals surface area contributed by atoms with Crippen LogP contribution in [0.2, 0.25) is 0 Å². The van der Waals surface area contributed by atoms with Gasteiger partial charge in [-0.05, 0) is 42.3 Å². The predicted molar refractivity (Wildman–Crippen MR) is 102 cm³/mol. The van der Waals surface area contributed by atoms with Crippen LogP contribution in [-0.4, -0.2) is 50.3 Å². The summed E-state index contributed by atoms with van der Waals surface area (Å²) in [5, 5.41) is 9.30. The Balaban J connectivity index is 1.86. The van der Waals surface area contributed by atoms with Crippen LogP contribution in [0, 0.1) is 28.6 Å². The molecule has 5 nitrogen and oxygen atoms in total. The molecular formula is C20H29N3O2S. The summed E-state index contributed by atoms with van der Waals surface area (Å²) in [7, 11) is -3.64. The van der Waals surface area contributed by atoms with E-state index in [9.17, 15) is 13.7 Å². The van der Waals surface area contributed by atoms with Crippen LogP contribution in [0.4, 0.5) is 0 Å². The molecule has 0 aromatic heterocycles. The van der Waals surface area contributed by atoms with Crippen molar-refractivity contribution in [1.82, 2.24) is 9.21 Å². The number of benzene rings is 1. The largest absolute Gasteiger partial charge is 0.303 e. The number of piperidine rings is 2. The van der Waals surface area contributed by atoms with Crippen LogP contribution < -0.4 is 0 Å². The molecule has 2 unspecified atom stereocenters. The smallest absolute Gasteiger partial charge is 0.244 e. The summed E-state index contributed by atoms with van der Waals surface area (Å²) in [6.45, 7) is 10.9. The fraction of sp³-hybridized carbons (Fsp3) is 0.650. The molecule has 26 heavy (non-hydrogen) atoms. The number of sulfonamides is 1. The van der Waals surface area contributed by atoms with Gasteiger partial charge in [0.2, 0.25) is 10.0 Å².